The molecule has 5 heteroatoms. The molecule has 180 valence electrons. The largest absolute Gasteiger partial charge is 0.524 e. The zero-order valence-electron chi connectivity index (χ0n) is 20.1. The van der Waals surface area contributed by atoms with Crippen molar-refractivity contribution >= 4 is 7.82 Å². The van der Waals surface area contributed by atoms with Gasteiger partial charge in [-0.1, -0.05) is 116 Å². The Bertz CT molecular complexity index is 611. The fraction of sp³-hybridized carbons (Fsp3) is 0.769. The molecule has 0 unspecified atom stereocenters. The Hall–Kier alpha value is -0.830. The molecule has 0 aliphatic heterocycles. The van der Waals surface area contributed by atoms with Crippen molar-refractivity contribution < 1.29 is 18.9 Å². The fourth-order valence-electron chi connectivity index (χ4n) is 4.23. The quantitative estimate of drug-likeness (QED) is 0.153. The van der Waals surface area contributed by atoms with E-state index in [1.54, 1.807) is 6.07 Å². The van der Waals surface area contributed by atoms with Gasteiger partial charge < -0.3 is 4.52 Å². The van der Waals surface area contributed by atoms with Crippen LogP contribution in [0.1, 0.15) is 128 Å². The molecular weight excluding hydrogens is 407 g/mol. The van der Waals surface area contributed by atoms with E-state index in [-0.39, 0.29) is 0 Å². The second-order valence-corrected chi connectivity index (χ2v) is 10.1. The second-order valence-electron chi connectivity index (χ2n) is 8.93. The van der Waals surface area contributed by atoms with E-state index in [4.69, 9.17) is 4.52 Å². The minimum atomic E-state index is -4.55. The Morgan fingerprint density at radius 1 is 0.677 bits per heavy atom. The maximum Gasteiger partial charge on any atom is 0.524 e. The van der Waals surface area contributed by atoms with Crippen LogP contribution in [0.25, 0.3) is 0 Å². The number of rotatable bonds is 20. The number of phosphoric acid groups is 1. The summed E-state index contributed by atoms with van der Waals surface area (Å²) < 4.78 is 16.5. The zero-order chi connectivity index (χ0) is 22.8. The van der Waals surface area contributed by atoms with Crippen LogP contribution >= 0.6 is 7.82 Å². The van der Waals surface area contributed by atoms with E-state index in [9.17, 15) is 14.4 Å². The monoisotopic (exact) mass is 454 g/mol. The molecule has 0 spiro atoms. The lowest BCUT2D eigenvalue weighted by atomic mass is 9.95. The Labute approximate surface area is 191 Å². The maximum absolute atomic E-state index is 11.4. The second kappa shape index (κ2) is 17.7. The first-order valence-electron chi connectivity index (χ1n) is 12.8. The lowest BCUT2D eigenvalue weighted by molar-refractivity contribution is 0.282. The van der Waals surface area contributed by atoms with E-state index in [1.807, 2.05) is 6.07 Å². The molecule has 4 nitrogen and oxygen atoms in total. The highest BCUT2D eigenvalue weighted by Crippen LogP contribution is 2.40. The van der Waals surface area contributed by atoms with Crippen LogP contribution in [0.4, 0.5) is 0 Å². The van der Waals surface area contributed by atoms with Crippen LogP contribution in [0.5, 0.6) is 5.75 Å². The van der Waals surface area contributed by atoms with E-state index in [0.717, 1.165) is 37.7 Å². The van der Waals surface area contributed by atoms with Crippen LogP contribution < -0.4 is 4.52 Å². The van der Waals surface area contributed by atoms with Crippen molar-refractivity contribution in [3.63, 3.8) is 0 Å². The number of unbranched alkanes of at least 4 members (excludes halogenated alkanes) is 14. The highest BCUT2D eigenvalue weighted by Gasteiger charge is 2.19. The average Bonchev–Trinajstić information content (AvgIpc) is 2.72. The topological polar surface area (TPSA) is 66.8 Å². The van der Waals surface area contributed by atoms with Gasteiger partial charge in [-0.05, 0) is 42.9 Å². The minimum Gasteiger partial charge on any atom is -0.404 e. The summed E-state index contributed by atoms with van der Waals surface area (Å²) >= 11 is 0. The highest BCUT2D eigenvalue weighted by molar-refractivity contribution is 7.46. The molecule has 0 saturated carbocycles. The summed E-state index contributed by atoms with van der Waals surface area (Å²) in [5.41, 5.74) is 2.19. The van der Waals surface area contributed by atoms with Crippen molar-refractivity contribution in [2.24, 2.45) is 0 Å². The molecule has 0 aliphatic carbocycles. The molecular formula is C26H47O4P. The van der Waals surface area contributed by atoms with Crippen molar-refractivity contribution in [3.05, 3.63) is 29.3 Å². The Morgan fingerprint density at radius 3 is 1.61 bits per heavy atom. The van der Waals surface area contributed by atoms with Crippen LogP contribution in [0, 0.1) is 0 Å². The van der Waals surface area contributed by atoms with Gasteiger partial charge in [-0.25, -0.2) is 4.57 Å². The molecule has 2 N–H and O–H groups in total. The number of aryl methyl sites for hydroxylation is 1. The summed E-state index contributed by atoms with van der Waals surface area (Å²) in [6, 6.07) is 5.67. The molecule has 0 amide bonds. The molecule has 0 aromatic heterocycles. The normalized spacial score (nSPS) is 11.7. The van der Waals surface area contributed by atoms with Crippen LogP contribution in [0.2, 0.25) is 0 Å². The fourth-order valence-corrected chi connectivity index (χ4v) is 4.65. The van der Waals surface area contributed by atoms with E-state index in [0.29, 0.717) is 5.75 Å². The molecule has 31 heavy (non-hydrogen) atoms. The smallest absolute Gasteiger partial charge is 0.404 e. The van der Waals surface area contributed by atoms with Gasteiger partial charge in [0.25, 0.3) is 0 Å². The van der Waals surface area contributed by atoms with Crippen LogP contribution in [0.3, 0.4) is 0 Å². The van der Waals surface area contributed by atoms with Gasteiger partial charge in [0, 0.05) is 0 Å². The molecule has 0 aliphatic rings. The minimum absolute atomic E-state index is 0.369. The molecule has 1 rings (SSSR count). The molecule has 1 aromatic rings. The molecule has 0 saturated heterocycles. The van der Waals surface area contributed by atoms with E-state index in [2.05, 4.69) is 19.9 Å². The molecule has 0 radical (unpaired) electrons. The predicted octanol–water partition coefficient (Wildman–Crippen LogP) is 8.52. The third-order valence-corrected chi connectivity index (χ3v) is 6.46. The van der Waals surface area contributed by atoms with Crippen LogP contribution in [0.15, 0.2) is 18.2 Å². The first-order chi connectivity index (χ1) is 15.0. The summed E-state index contributed by atoms with van der Waals surface area (Å²) in [6.45, 7) is 4.48. The molecule has 0 atom stereocenters. The molecule has 0 heterocycles. The van der Waals surface area contributed by atoms with Crippen molar-refractivity contribution in [1.29, 1.82) is 0 Å². The van der Waals surface area contributed by atoms with Crippen LogP contribution in [-0.4, -0.2) is 9.79 Å². The number of hydrogen-bond acceptors (Lipinski definition) is 2. The van der Waals surface area contributed by atoms with E-state index in [1.165, 1.54) is 89.0 Å². The van der Waals surface area contributed by atoms with Gasteiger partial charge in [0.05, 0.1) is 0 Å². The van der Waals surface area contributed by atoms with Gasteiger partial charge in [0.2, 0.25) is 0 Å². The summed E-state index contributed by atoms with van der Waals surface area (Å²) in [4.78, 5) is 18.6. The predicted molar refractivity (Wildman–Crippen MR) is 132 cm³/mol. The van der Waals surface area contributed by atoms with Crippen molar-refractivity contribution in [3.8, 4) is 5.75 Å². The summed E-state index contributed by atoms with van der Waals surface area (Å²) in [7, 11) is -4.55. The molecule has 0 bridgehead atoms. The molecule has 1 aromatic carbocycles. The average molecular weight is 455 g/mol. The van der Waals surface area contributed by atoms with Gasteiger partial charge in [-0.3, -0.25) is 9.79 Å². The summed E-state index contributed by atoms with van der Waals surface area (Å²) in [5.74, 6) is 0.369. The number of hydrogen-bond donors (Lipinski definition) is 2. The van der Waals surface area contributed by atoms with Crippen LogP contribution in [-0.2, 0) is 17.4 Å². The third kappa shape index (κ3) is 14.8. The number of benzene rings is 1. The van der Waals surface area contributed by atoms with Gasteiger partial charge in [-0.15, -0.1) is 0 Å². The van der Waals surface area contributed by atoms with Gasteiger partial charge in [-0.2, -0.15) is 0 Å². The lowest BCUT2D eigenvalue weighted by Crippen LogP contribution is -2.01. The highest BCUT2D eigenvalue weighted by atomic mass is 31.2. The first kappa shape index (κ1) is 28.2. The SMILES string of the molecule is CCCCCCCCCCc1cccc(OP(=O)(O)O)c1CCCCCCCCCC. The van der Waals surface area contributed by atoms with Gasteiger partial charge in [0.15, 0.2) is 0 Å². The first-order valence-corrected chi connectivity index (χ1v) is 14.4. The lowest BCUT2D eigenvalue weighted by Gasteiger charge is -2.16. The molecule has 0 fully saturated rings. The third-order valence-electron chi connectivity index (χ3n) is 6.03. The van der Waals surface area contributed by atoms with E-state index < -0.39 is 7.82 Å². The number of phosphoric ester groups is 1. The van der Waals surface area contributed by atoms with Gasteiger partial charge in [0.1, 0.15) is 5.75 Å². The Morgan fingerprint density at radius 2 is 1.13 bits per heavy atom. The summed E-state index contributed by atoms with van der Waals surface area (Å²) in [5, 5.41) is 0. The Balaban J connectivity index is 2.52. The summed E-state index contributed by atoms with van der Waals surface area (Å²) in [6.07, 6.45) is 22.0. The Kier molecular flexibility index (Phi) is 16.1. The van der Waals surface area contributed by atoms with Crippen molar-refractivity contribution in [1.82, 2.24) is 0 Å². The standard InChI is InChI=1S/C26H47O4P/c1-3-5-7-9-11-13-15-17-20-24-21-19-23-26(30-31(27,28)29)25(24)22-18-16-14-12-10-8-6-4-2/h19,21,23H,3-18,20,22H2,1-2H3,(H2,27,28,29). The zero-order valence-corrected chi connectivity index (χ0v) is 21.0. The van der Waals surface area contributed by atoms with Crippen molar-refractivity contribution in [2.45, 2.75) is 129 Å². The van der Waals surface area contributed by atoms with E-state index >= 15 is 0 Å². The van der Waals surface area contributed by atoms with Crippen molar-refractivity contribution in [2.75, 3.05) is 0 Å². The van der Waals surface area contributed by atoms with Gasteiger partial charge >= 0.3 is 7.82 Å². The maximum atomic E-state index is 11.4.